The lowest BCUT2D eigenvalue weighted by molar-refractivity contribution is -0.152. The van der Waals surface area contributed by atoms with Gasteiger partial charge in [0.25, 0.3) is 0 Å². The SMILES string of the molecule is Cl.O=C(OCCC1CCCNC1)C1CCOCC1. The number of ether oxygens (including phenoxy) is 2. The van der Waals surface area contributed by atoms with Crippen LogP contribution in [0.4, 0.5) is 0 Å². The average molecular weight is 278 g/mol. The number of piperidine rings is 1. The molecule has 0 aromatic heterocycles. The fourth-order valence-corrected chi connectivity index (χ4v) is 2.55. The minimum Gasteiger partial charge on any atom is -0.465 e. The number of carbonyl (C=O) groups excluding carboxylic acids is 1. The molecular formula is C13H24ClNO3. The van der Waals surface area contributed by atoms with E-state index in [2.05, 4.69) is 5.32 Å². The molecule has 18 heavy (non-hydrogen) atoms. The lowest BCUT2D eigenvalue weighted by Crippen LogP contribution is -2.31. The van der Waals surface area contributed by atoms with Gasteiger partial charge in [0, 0.05) is 13.2 Å². The normalized spacial score (nSPS) is 25.2. The van der Waals surface area contributed by atoms with Gasteiger partial charge in [0.1, 0.15) is 0 Å². The summed E-state index contributed by atoms with van der Waals surface area (Å²) in [5, 5.41) is 3.38. The molecule has 0 aromatic rings. The summed E-state index contributed by atoms with van der Waals surface area (Å²) < 4.78 is 10.6. The van der Waals surface area contributed by atoms with Crippen LogP contribution in [0.2, 0.25) is 0 Å². The highest BCUT2D eigenvalue weighted by molar-refractivity contribution is 5.85. The first-order valence-electron chi connectivity index (χ1n) is 6.81. The maximum Gasteiger partial charge on any atom is 0.309 e. The van der Waals surface area contributed by atoms with Crippen LogP contribution in [0, 0.1) is 11.8 Å². The summed E-state index contributed by atoms with van der Waals surface area (Å²) in [6, 6.07) is 0. The van der Waals surface area contributed by atoms with Crippen LogP contribution in [-0.2, 0) is 14.3 Å². The summed E-state index contributed by atoms with van der Waals surface area (Å²) in [6.45, 7) is 4.20. The smallest absolute Gasteiger partial charge is 0.309 e. The largest absolute Gasteiger partial charge is 0.465 e. The maximum atomic E-state index is 11.7. The van der Waals surface area contributed by atoms with Crippen LogP contribution >= 0.6 is 12.4 Å². The Morgan fingerprint density at radius 3 is 2.72 bits per heavy atom. The van der Waals surface area contributed by atoms with E-state index in [9.17, 15) is 4.79 Å². The number of carbonyl (C=O) groups is 1. The molecule has 2 heterocycles. The van der Waals surface area contributed by atoms with Crippen LogP contribution in [-0.4, -0.2) is 38.9 Å². The summed E-state index contributed by atoms with van der Waals surface area (Å²) in [7, 11) is 0. The summed E-state index contributed by atoms with van der Waals surface area (Å²) in [5.74, 6) is 0.747. The Labute approximate surface area is 115 Å². The van der Waals surface area contributed by atoms with Crippen molar-refractivity contribution in [3.8, 4) is 0 Å². The molecule has 2 fully saturated rings. The zero-order chi connectivity index (χ0) is 11.9. The van der Waals surface area contributed by atoms with Crippen LogP contribution in [0.5, 0.6) is 0 Å². The van der Waals surface area contributed by atoms with Crippen molar-refractivity contribution in [3.05, 3.63) is 0 Å². The minimum atomic E-state index is -0.0166. The third-order valence-corrected chi connectivity index (χ3v) is 3.72. The van der Waals surface area contributed by atoms with Crippen molar-refractivity contribution in [2.75, 3.05) is 32.9 Å². The Kier molecular flexibility index (Phi) is 7.63. The fraction of sp³-hybridized carbons (Fsp3) is 0.923. The first kappa shape index (κ1) is 15.7. The molecule has 0 amide bonds. The molecular weight excluding hydrogens is 254 g/mol. The van der Waals surface area contributed by atoms with Crippen LogP contribution in [0.15, 0.2) is 0 Å². The van der Waals surface area contributed by atoms with Gasteiger partial charge < -0.3 is 14.8 Å². The summed E-state index contributed by atoms with van der Waals surface area (Å²) in [6.07, 6.45) is 5.16. The van der Waals surface area contributed by atoms with Crippen molar-refractivity contribution >= 4 is 18.4 Å². The molecule has 0 saturated carbocycles. The monoisotopic (exact) mass is 277 g/mol. The molecule has 0 aromatic carbocycles. The topological polar surface area (TPSA) is 47.6 Å². The van der Waals surface area contributed by atoms with Crippen molar-refractivity contribution in [2.45, 2.75) is 32.1 Å². The van der Waals surface area contributed by atoms with E-state index in [4.69, 9.17) is 9.47 Å². The van der Waals surface area contributed by atoms with E-state index in [1.165, 1.54) is 12.8 Å². The number of esters is 1. The molecule has 2 aliphatic rings. The van der Waals surface area contributed by atoms with Crippen LogP contribution in [0.1, 0.15) is 32.1 Å². The van der Waals surface area contributed by atoms with Crippen LogP contribution in [0.25, 0.3) is 0 Å². The molecule has 5 heteroatoms. The van der Waals surface area contributed by atoms with E-state index in [1.807, 2.05) is 0 Å². The number of halogens is 1. The minimum absolute atomic E-state index is 0. The standard InChI is InChI=1S/C13H23NO3.ClH/c15-13(12-4-7-16-8-5-12)17-9-3-11-2-1-6-14-10-11;/h11-12,14H,1-10H2;1H. The quantitative estimate of drug-likeness (QED) is 0.796. The van der Waals surface area contributed by atoms with Gasteiger partial charge in [-0.2, -0.15) is 0 Å². The van der Waals surface area contributed by atoms with Crippen molar-refractivity contribution in [2.24, 2.45) is 11.8 Å². The highest BCUT2D eigenvalue weighted by Crippen LogP contribution is 2.18. The van der Waals surface area contributed by atoms with Gasteiger partial charge in [-0.3, -0.25) is 4.79 Å². The summed E-state index contributed by atoms with van der Waals surface area (Å²) >= 11 is 0. The third kappa shape index (κ3) is 5.12. The van der Waals surface area contributed by atoms with Crippen molar-refractivity contribution < 1.29 is 14.3 Å². The number of hydrogen-bond donors (Lipinski definition) is 1. The number of nitrogens with one attached hydrogen (secondary N) is 1. The van der Waals surface area contributed by atoms with Crippen molar-refractivity contribution in [1.29, 1.82) is 0 Å². The van der Waals surface area contributed by atoms with Crippen LogP contribution in [0.3, 0.4) is 0 Å². The zero-order valence-corrected chi connectivity index (χ0v) is 11.7. The molecule has 0 aliphatic carbocycles. The van der Waals surface area contributed by atoms with E-state index in [0.29, 0.717) is 25.7 Å². The van der Waals surface area contributed by atoms with Crippen molar-refractivity contribution in [1.82, 2.24) is 5.32 Å². The lowest BCUT2D eigenvalue weighted by Gasteiger charge is -2.24. The second-order valence-electron chi connectivity index (χ2n) is 5.06. The van der Waals surface area contributed by atoms with Gasteiger partial charge in [0.15, 0.2) is 0 Å². The van der Waals surface area contributed by atoms with Crippen LogP contribution < -0.4 is 5.32 Å². The second kappa shape index (κ2) is 8.73. The summed E-state index contributed by atoms with van der Waals surface area (Å²) in [4.78, 5) is 11.7. The Hall–Kier alpha value is -0.320. The highest BCUT2D eigenvalue weighted by atomic mass is 35.5. The Balaban J connectivity index is 0.00000162. The molecule has 2 aliphatic heterocycles. The molecule has 1 N–H and O–H groups in total. The molecule has 0 bridgehead atoms. The second-order valence-corrected chi connectivity index (χ2v) is 5.06. The number of hydrogen-bond acceptors (Lipinski definition) is 4. The van der Waals surface area contributed by atoms with E-state index in [0.717, 1.165) is 32.4 Å². The molecule has 2 rings (SSSR count). The predicted octanol–water partition coefficient (Wildman–Crippen LogP) is 1.77. The average Bonchev–Trinajstić information content (AvgIpc) is 2.41. The molecule has 0 radical (unpaired) electrons. The van der Waals surface area contributed by atoms with E-state index in [-0.39, 0.29) is 24.3 Å². The predicted molar refractivity (Wildman–Crippen MR) is 72.0 cm³/mol. The Bertz CT molecular complexity index is 238. The van der Waals surface area contributed by atoms with E-state index < -0.39 is 0 Å². The van der Waals surface area contributed by atoms with Gasteiger partial charge in [-0.05, 0) is 51.1 Å². The van der Waals surface area contributed by atoms with E-state index >= 15 is 0 Å². The molecule has 0 spiro atoms. The first-order chi connectivity index (χ1) is 8.36. The van der Waals surface area contributed by atoms with Crippen molar-refractivity contribution in [3.63, 3.8) is 0 Å². The highest BCUT2D eigenvalue weighted by Gasteiger charge is 2.23. The Morgan fingerprint density at radius 2 is 2.06 bits per heavy atom. The van der Waals surface area contributed by atoms with Gasteiger partial charge >= 0.3 is 5.97 Å². The fourth-order valence-electron chi connectivity index (χ4n) is 2.55. The maximum absolute atomic E-state index is 11.7. The Morgan fingerprint density at radius 1 is 1.28 bits per heavy atom. The first-order valence-corrected chi connectivity index (χ1v) is 6.81. The van der Waals surface area contributed by atoms with E-state index in [1.54, 1.807) is 0 Å². The van der Waals surface area contributed by atoms with Gasteiger partial charge in [0.05, 0.1) is 12.5 Å². The van der Waals surface area contributed by atoms with Gasteiger partial charge in [-0.15, -0.1) is 12.4 Å². The number of rotatable bonds is 4. The molecule has 1 atom stereocenters. The van der Waals surface area contributed by atoms with Gasteiger partial charge in [-0.25, -0.2) is 0 Å². The third-order valence-electron chi connectivity index (χ3n) is 3.72. The van der Waals surface area contributed by atoms with Gasteiger partial charge in [-0.1, -0.05) is 0 Å². The molecule has 2 saturated heterocycles. The zero-order valence-electron chi connectivity index (χ0n) is 10.9. The van der Waals surface area contributed by atoms with Gasteiger partial charge in [0.2, 0.25) is 0 Å². The summed E-state index contributed by atoms with van der Waals surface area (Å²) in [5.41, 5.74) is 0. The molecule has 1 unspecified atom stereocenters. The lowest BCUT2D eigenvalue weighted by atomic mass is 9.96. The molecule has 106 valence electrons. The molecule has 4 nitrogen and oxygen atoms in total.